The van der Waals surface area contributed by atoms with Crippen molar-refractivity contribution in [1.82, 2.24) is 14.9 Å². The number of nitrogens with zero attached hydrogens (tertiary/aromatic N) is 3. The van der Waals surface area contributed by atoms with Crippen molar-refractivity contribution in [3.63, 3.8) is 0 Å². The van der Waals surface area contributed by atoms with E-state index in [1.165, 1.54) is 17.3 Å². The Morgan fingerprint density at radius 1 is 1.52 bits per heavy atom. The molecule has 7 heteroatoms. The molecule has 1 fully saturated rings. The third-order valence-corrected chi connectivity index (χ3v) is 4.06. The Morgan fingerprint density at radius 3 is 2.95 bits per heavy atom. The van der Waals surface area contributed by atoms with Gasteiger partial charge in [0, 0.05) is 12.6 Å². The van der Waals surface area contributed by atoms with E-state index in [-0.39, 0.29) is 5.56 Å². The molecular weight excluding hydrogens is 292 g/mol. The smallest absolute Gasteiger partial charge is 0.291 e. The molecule has 0 bridgehead atoms. The number of hydrogen-bond donors (Lipinski definition) is 1. The van der Waals surface area contributed by atoms with Gasteiger partial charge in [-0.2, -0.15) is 5.10 Å². The fourth-order valence-electron chi connectivity index (χ4n) is 2.36. The summed E-state index contributed by atoms with van der Waals surface area (Å²) in [5.74, 6) is 1.29. The molecule has 0 aromatic carbocycles. The highest BCUT2D eigenvalue weighted by atomic mass is 35.5. The minimum Gasteiger partial charge on any atom is -0.373 e. The quantitative estimate of drug-likeness (QED) is 0.919. The summed E-state index contributed by atoms with van der Waals surface area (Å²) in [4.78, 5) is 12.4. The molecule has 2 aromatic heterocycles. The van der Waals surface area contributed by atoms with Gasteiger partial charge in [0.2, 0.25) is 0 Å². The summed E-state index contributed by atoms with van der Waals surface area (Å²) >= 11 is 6.08. The van der Waals surface area contributed by atoms with Crippen molar-refractivity contribution in [3.8, 4) is 0 Å². The average Bonchev–Trinajstić information content (AvgIpc) is 2.81. The van der Waals surface area contributed by atoms with Crippen LogP contribution in [0.4, 0.5) is 5.69 Å². The van der Waals surface area contributed by atoms with E-state index in [0.717, 1.165) is 24.3 Å². The number of nitrogens with one attached hydrogen (secondary N) is 1. The predicted octanol–water partition coefficient (Wildman–Crippen LogP) is 2.61. The molecule has 0 amide bonds. The summed E-state index contributed by atoms with van der Waals surface area (Å²) in [6.45, 7) is 2.87. The van der Waals surface area contributed by atoms with Gasteiger partial charge in [0.25, 0.3) is 5.56 Å². The first-order chi connectivity index (χ1) is 10.1. The highest BCUT2D eigenvalue weighted by molar-refractivity contribution is 6.32. The van der Waals surface area contributed by atoms with Gasteiger partial charge >= 0.3 is 0 Å². The summed E-state index contributed by atoms with van der Waals surface area (Å²) in [5.41, 5.74) is 0.909. The maximum absolute atomic E-state index is 12.4. The molecule has 0 radical (unpaired) electrons. The highest BCUT2D eigenvalue weighted by Gasteiger charge is 2.20. The Hall–Kier alpha value is -1.82. The lowest BCUT2D eigenvalue weighted by Crippen LogP contribution is -2.30. The van der Waals surface area contributed by atoms with Crippen molar-refractivity contribution in [3.05, 3.63) is 39.1 Å². The molecule has 1 aliphatic rings. The lowest BCUT2D eigenvalue weighted by atomic mass is 9.85. The molecule has 1 aliphatic carbocycles. The topological polar surface area (TPSA) is 73.0 Å². The van der Waals surface area contributed by atoms with Gasteiger partial charge in [-0.25, -0.2) is 4.68 Å². The monoisotopic (exact) mass is 308 g/mol. The molecule has 0 spiro atoms. The van der Waals surface area contributed by atoms with Crippen LogP contribution in [0, 0.1) is 12.8 Å². The molecule has 1 N–H and O–H groups in total. The van der Waals surface area contributed by atoms with E-state index in [1.807, 2.05) is 13.0 Å². The number of anilines is 1. The zero-order chi connectivity index (χ0) is 14.8. The molecule has 0 unspecified atom stereocenters. The summed E-state index contributed by atoms with van der Waals surface area (Å²) in [7, 11) is 0. The minimum absolute atomic E-state index is 0.186. The summed E-state index contributed by atoms with van der Waals surface area (Å²) in [6, 6.07) is 1.81. The zero-order valence-corrected chi connectivity index (χ0v) is 12.6. The molecule has 3 rings (SSSR count). The Morgan fingerprint density at radius 2 is 2.33 bits per heavy atom. The fraction of sp³-hybridized carbons (Fsp3) is 0.500. The van der Waals surface area contributed by atoms with Gasteiger partial charge in [0.05, 0.1) is 17.8 Å². The van der Waals surface area contributed by atoms with Crippen molar-refractivity contribution in [2.75, 3.05) is 5.32 Å². The number of hydrogen-bond acceptors (Lipinski definition) is 5. The second-order valence-electron chi connectivity index (χ2n) is 5.43. The molecule has 112 valence electrons. The lowest BCUT2D eigenvalue weighted by molar-refractivity contribution is 0.262. The lowest BCUT2D eigenvalue weighted by Gasteiger charge is -2.25. The normalized spacial score (nSPS) is 15.0. The maximum atomic E-state index is 12.4. The first kappa shape index (κ1) is 14.1. The predicted molar refractivity (Wildman–Crippen MR) is 79.4 cm³/mol. The minimum atomic E-state index is -0.186. The molecule has 0 aliphatic heterocycles. The van der Waals surface area contributed by atoms with Crippen molar-refractivity contribution in [2.45, 2.75) is 39.3 Å². The molecule has 2 aromatic rings. The fourth-order valence-corrected chi connectivity index (χ4v) is 2.55. The maximum Gasteiger partial charge on any atom is 0.291 e. The first-order valence-electron chi connectivity index (χ1n) is 7.05. The second-order valence-corrected chi connectivity index (χ2v) is 5.84. The summed E-state index contributed by atoms with van der Waals surface area (Å²) in [6.07, 6.45) is 5.08. The van der Waals surface area contributed by atoms with Gasteiger partial charge in [-0.15, -0.1) is 0 Å². The van der Waals surface area contributed by atoms with Crippen molar-refractivity contribution in [2.24, 2.45) is 5.92 Å². The molecule has 6 nitrogen and oxygen atoms in total. The molecule has 1 saturated carbocycles. The van der Waals surface area contributed by atoms with Crippen LogP contribution < -0.4 is 10.9 Å². The molecule has 2 heterocycles. The van der Waals surface area contributed by atoms with Crippen LogP contribution in [0.1, 0.15) is 30.7 Å². The Bertz CT molecular complexity index is 691. The Kier molecular flexibility index (Phi) is 3.96. The summed E-state index contributed by atoms with van der Waals surface area (Å²) in [5, 5.41) is 11.4. The van der Waals surface area contributed by atoms with E-state index in [0.29, 0.717) is 29.7 Å². The van der Waals surface area contributed by atoms with Gasteiger partial charge in [-0.05, 0) is 25.7 Å². The molecule has 0 atom stereocenters. The summed E-state index contributed by atoms with van der Waals surface area (Å²) < 4.78 is 6.49. The van der Waals surface area contributed by atoms with E-state index in [9.17, 15) is 4.79 Å². The zero-order valence-electron chi connectivity index (χ0n) is 11.8. The van der Waals surface area contributed by atoms with Crippen LogP contribution in [0.15, 0.2) is 21.6 Å². The molecule has 21 heavy (non-hydrogen) atoms. The third kappa shape index (κ3) is 3.10. The van der Waals surface area contributed by atoms with E-state index >= 15 is 0 Å². The second kappa shape index (κ2) is 5.89. The van der Waals surface area contributed by atoms with Crippen LogP contribution in [-0.4, -0.2) is 14.9 Å². The van der Waals surface area contributed by atoms with Crippen molar-refractivity contribution in [1.29, 1.82) is 0 Å². The molecular formula is C14H17ClN4O2. The standard InChI is InChI=1S/C14H17ClN4O2/c1-9-5-11(18-21-9)6-16-13-12(15)7-17-19(14(13)20)8-10-3-2-4-10/h5,7,10,16H,2-4,6,8H2,1H3. The van der Waals surface area contributed by atoms with E-state index in [2.05, 4.69) is 15.6 Å². The van der Waals surface area contributed by atoms with Crippen LogP contribution in [0.3, 0.4) is 0 Å². The highest BCUT2D eigenvalue weighted by Crippen LogP contribution is 2.27. The van der Waals surface area contributed by atoms with Gasteiger partial charge in [0.15, 0.2) is 0 Å². The van der Waals surface area contributed by atoms with E-state index in [4.69, 9.17) is 16.1 Å². The average molecular weight is 309 g/mol. The van der Waals surface area contributed by atoms with Gasteiger partial charge in [0.1, 0.15) is 17.1 Å². The number of halogens is 1. The van der Waals surface area contributed by atoms with E-state index in [1.54, 1.807) is 0 Å². The number of aromatic nitrogens is 3. The SMILES string of the molecule is Cc1cc(CNc2c(Cl)cnn(CC3CCC3)c2=O)no1. The van der Waals surface area contributed by atoms with Crippen LogP contribution in [0.2, 0.25) is 5.02 Å². The van der Waals surface area contributed by atoms with Crippen LogP contribution >= 0.6 is 11.6 Å². The largest absolute Gasteiger partial charge is 0.373 e. The van der Waals surface area contributed by atoms with Gasteiger partial charge < -0.3 is 9.84 Å². The third-order valence-electron chi connectivity index (χ3n) is 3.78. The number of aryl methyl sites for hydroxylation is 1. The molecule has 0 saturated heterocycles. The van der Waals surface area contributed by atoms with Crippen LogP contribution in [0.25, 0.3) is 0 Å². The van der Waals surface area contributed by atoms with E-state index < -0.39 is 0 Å². The van der Waals surface area contributed by atoms with Crippen LogP contribution in [-0.2, 0) is 13.1 Å². The first-order valence-corrected chi connectivity index (χ1v) is 7.43. The van der Waals surface area contributed by atoms with Crippen LogP contribution in [0.5, 0.6) is 0 Å². The number of rotatable bonds is 5. The van der Waals surface area contributed by atoms with Gasteiger partial charge in [-0.3, -0.25) is 4.79 Å². The van der Waals surface area contributed by atoms with Gasteiger partial charge in [-0.1, -0.05) is 23.2 Å². The Labute approximate surface area is 127 Å². The van der Waals surface area contributed by atoms with Crippen molar-refractivity contribution >= 4 is 17.3 Å². The Balaban J connectivity index is 1.76. The van der Waals surface area contributed by atoms with Crippen molar-refractivity contribution < 1.29 is 4.52 Å².